The Hall–Kier alpha value is -3.48. The number of likely N-dealkylation sites (tertiary alicyclic amines) is 1. The first-order valence-electron chi connectivity index (χ1n) is 12.6. The van der Waals surface area contributed by atoms with E-state index in [2.05, 4.69) is 47.0 Å². The average Bonchev–Trinajstić information content (AvgIpc) is 3.42. The molecule has 5 rings (SSSR count). The second-order valence-electron chi connectivity index (χ2n) is 9.65. The number of hydrogen-bond acceptors (Lipinski definition) is 4. The molecule has 0 saturated carbocycles. The van der Waals surface area contributed by atoms with Gasteiger partial charge in [-0.2, -0.15) is 11.3 Å². The summed E-state index contributed by atoms with van der Waals surface area (Å²) in [5.41, 5.74) is 4.91. The van der Waals surface area contributed by atoms with Crippen LogP contribution in [0.25, 0.3) is 11.1 Å². The first kappa shape index (κ1) is 25.2. The summed E-state index contributed by atoms with van der Waals surface area (Å²) < 4.78 is 19.8. The molecule has 1 aliphatic heterocycles. The Morgan fingerprint density at radius 1 is 0.946 bits per heavy atom. The van der Waals surface area contributed by atoms with Crippen LogP contribution in [0, 0.1) is 5.82 Å². The number of amides is 1. The van der Waals surface area contributed by atoms with Crippen LogP contribution in [0.4, 0.5) is 4.39 Å². The first-order valence-corrected chi connectivity index (χ1v) is 13.6. The number of benzene rings is 3. The summed E-state index contributed by atoms with van der Waals surface area (Å²) in [4.78, 5) is 17.2. The van der Waals surface area contributed by atoms with E-state index in [4.69, 9.17) is 4.74 Å². The van der Waals surface area contributed by atoms with Crippen LogP contribution in [0.5, 0.6) is 5.75 Å². The third-order valence-electron chi connectivity index (χ3n) is 6.71. The lowest BCUT2D eigenvalue weighted by Gasteiger charge is -2.32. The van der Waals surface area contributed by atoms with E-state index in [0.717, 1.165) is 42.8 Å². The van der Waals surface area contributed by atoms with Crippen molar-refractivity contribution in [2.24, 2.45) is 0 Å². The molecule has 6 heteroatoms. The second-order valence-corrected chi connectivity index (χ2v) is 10.4. The minimum atomic E-state index is -0.268. The molecule has 4 aromatic rings. The van der Waals surface area contributed by atoms with Crippen LogP contribution in [0.15, 0.2) is 89.6 Å². The SMILES string of the molecule is CN(Cc1ccsc1)Cc1cccc(OC2CCN(C(=O)c3ccc(-c4cccc(F)c4)cc3)CC2)c1. The quantitative estimate of drug-likeness (QED) is 0.257. The van der Waals surface area contributed by atoms with Crippen molar-refractivity contribution in [1.29, 1.82) is 0 Å². The minimum absolute atomic E-state index is 0.0277. The maximum Gasteiger partial charge on any atom is 0.253 e. The van der Waals surface area contributed by atoms with Crippen molar-refractivity contribution in [1.82, 2.24) is 9.80 Å². The lowest BCUT2D eigenvalue weighted by molar-refractivity contribution is 0.0595. The number of piperidine rings is 1. The van der Waals surface area contributed by atoms with E-state index in [9.17, 15) is 9.18 Å². The molecule has 1 aromatic heterocycles. The van der Waals surface area contributed by atoms with Crippen LogP contribution in [0.2, 0.25) is 0 Å². The highest BCUT2D eigenvalue weighted by molar-refractivity contribution is 7.07. The fourth-order valence-electron chi connectivity index (χ4n) is 4.80. The lowest BCUT2D eigenvalue weighted by atomic mass is 10.0. The molecule has 0 bridgehead atoms. The van der Waals surface area contributed by atoms with E-state index < -0.39 is 0 Å². The normalized spacial score (nSPS) is 14.2. The number of thiophene rings is 1. The van der Waals surface area contributed by atoms with Crippen molar-refractivity contribution in [2.45, 2.75) is 32.0 Å². The molecule has 0 unspecified atom stereocenters. The molecule has 1 saturated heterocycles. The molecule has 0 radical (unpaired) electrons. The minimum Gasteiger partial charge on any atom is -0.490 e. The predicted octanol–water partition coefficient (Wildman–Crippen LogP) is 6.87. The zero-order valence-corrected chi connectivity index (χ0v) is 21.8. The van der Waals surface area contributed by atoms with Crippen molar-refractivity contribution in [2.75, 3.05) is 20.1 Å². The monoisotopic (exact) mass is 514 g/mol. The van der Waals surface area contributed by atoms with Crippen molar-refractivity contribution >= 4 is 17.2 Å². The zero-order chi connectivity index (χ0) is 25.6. The van der Waals surface area contributed by atoms with Crippen LogP contribution >= 0.6 is 11.3 Å². The predicted molar refractivity (Wildman–Crippen MR) is 147 cm³/mol. The van der Waals surface area contributed by atoms with Gasteiger partial charge in [-0.1, -0.05) is 36.4 Å². The summed E-state index contributed by atoms with van der Waals surface area (Å²) in [6.45, 7) is 3.11. The largest absolute Gasteiger partial charge is 0.490 e. The molecule has 1 aliphatic rings. The van der Waals surface area contributed by atoms with Gasteiger partial charge in [0, 0.05) is 44.6 Å². The zero-order valence-electron chi connectivity index (χ0n) is 21.0. The highest BCUT2D eigenvalue weighted by atomic mass is 32.1. The van der Waals surface area contributed by atoms with Gasteiger partial charge < -0.3 is 9.64 Å². The molecule has 4 nitrogen and oxygen atoms in total. The summed E-state index contributed by atoms with van der Waals surface area (Å²) in [7, 11) is 2.13. The van der Waals surface area contributed by atoms with Crippen LogP contribution in [-0.2, 0) is 13.1 Å². The van der Waals surface area contributed by atoms with E-state index in [1.807, 2.05) is 41.3 Å². The summed E-state index contributed by atoms with van der Waals surface area (Å²) in [5, 5.41) is 4.30. The van der Waals surface area contributed by atoms with E-state index in [-0.39, 0.29) is 17.8 Å². The van der Waals surface area contributed by atoms with Crippen LogP contribution in [-0.4, -0.2) is 41.9 Å². The molecular weight excluding hydrogens is 483 g/mol. The molecule has 37 heavy (non-hydrogen) atoms. The highest BCUT2D eigenvalue weighted by Gasteiger charge is 2.25. The van der Waals surface area contributed by atoms with Crippen LogP contribution in [0.1, 0.15) is 34.3 Å². The first-order chi connectivity index (χ1) is 18.0. The van der Waals surface area contributed by atoms with Gasteiger partial charge in [-0.3, -0.25) is 9.69 Å². The van der Waals surface area contributed by atoms with Crippen molar-refractivity contribution in [3.63, 3.8) is 0 Å². The maximum absolute atomic E-state index is 13.5. The molecule has 0 spiro atoms. The van der Waals surface area contributed by atoms with E-state index in [0.29, 0.717) is 18.7 Å². The van der Waals surface area contributed by atoms with Crippen molar-refractivity contribution in [3.05, 3.63) is 112 Å². The Bertz CT molecular complexity index is 1320. The third-order valence-corrected chi connectivity index (χ3v) is 7.44. The van der Waals surface area contributed by atoms with Crippen molar-refractivity contribution < 1.29 is 13.9 Å². The van der Waals surface area contributed by atoms with E-state index in [1.165, 1.54) is 23.3 Å². The standard InChI is InChI=1S/C31H31FN2O2S/c1-33(21-24-14-17-37-22-24)20-23-4-2-7-30(18-23)36-29-12-15-34(16-13-29)31(35)26-10-8-25(9-11-26)27-5-3-6-28(32)19-27/h2-11,14,17-19,22,29H,12-13,15-16,20-21H2,1H3. The van der Waals surface area contributed by atoms with Gasteiger partial charge in [-0.25, -0.2) is 4.39 Å². The Balaban J connectivity index is 1.12. The van der Waals surface area contributed by atoms with Crippen LogP contribution in [0.3, 0.4) is 0 Å². The number of nitrogens with zero attached hydrogens (tertiary/aromatic N) is 2. The second kappa shape index (κ2) is 11.7. The summed E-state index contributed by atoms with van der Waals surface area (Å²) in [5.74, 6) is 0.648. The number of halogens is 1. The van der Waals surface area contributed by atoms with Gasteiger partial charge in [0.25, 0.3) is 5.91 Å². The molecule has 0 atom stereocenters. The Morgan fingerprint density at radius 3 is 2.43 bits per heavy atom. The third kappa shape index (κ3) is 6.64. The molecule has 190 valence electrons. The summed E-state index contributed by atoms with van der Waals surface area (Å²) in [6.07, 6.45) is 1.70. The maximum atomic E-state index is 13.5. The Morgan fingerprint density at radius 2 is 1.70 bits per heavy atom. The molecular formula is C31H31FN2O2S. The number of carbonyl (C=O) groups is 1. The fraction of sp³-hybridized carbons (Fsp3) is 0.258. The lowest BCUT2D eigenvalue weighted by Crippen LogP contribution is -2.41. The number of ether oxygens (including phenoxy) is 1. The smallest absolute Gasteiger partial charge is 0.253 e. The fourth-order valence-corrected chi connectivity index (χ4v) is 5.46. The summed E-state index contributed by atoms with van der Waals surface area (Å²) >= 11 is 1.73. The number of rotatable bonds is 8. The van der Waals surface area contributed by atoms with Gasteiger partial charge in [0.1, 0.15) is 17.7 Å². The topological polar surface area (TPSA) is 32.8 Å². The Labute approximate surface area is 221 Å². The molecule has 3 aromatic carbocycles. The van der Waals surface area contributed by atoms with Gasteiger partial charge in [-0.05, 0) is 82.5 Å². The molecule has 1 fully saturated rings. The van der Waals surface area contributed by atoms with E-state index in [1.54, 1.807) is 17.4 Å². The molecule has 1 amide bonds. The number of carbonyl (C=O) groups excluding carboxylic acids is 1. The van der Waals surface area contributed by atoms with Crippen LogP contribution < -0.4 is 4.74 Å². The number of hydrogen-bond donors (Lipinski definition) is 0. The van der Waals surface area contributed by atoms with Crippen molar-refractivity contribution in [3.8, 4) is 16.9 Å². The summed E-state index contributed by atoms with van der Waals surface area (Å²) in [6, 6.07) is 24.4. The van der Waals surface area contributed by atoms with Gasteiger partial charge in [0.15, 0.2) is 0 Å². The van der Waals surface area contributed by atoms with Gasteiger partial charge in [-0.15, -0.1) is 0 Å². The highest BCUT2D eigenvalue weighted by Crippen LogP contribution is 2.24. The van der Waals surface area contributed by atoms with Gasteiger partial charge >= 0.3 is 0 Å². The molecule has 2 heterocycles. The van der Waals surface area contributed by atoms with Gasteiger partial charge in [0.2, 0.25) is 0 Å². The Kier molecular flexibility index (Phi) is 7.97. The van der Waals surface area contributed by atoms with Gasteiger partial charge in [0.05, 0.1) is 0 Å². The molecule has 0 N–H and O–H groups in total. The average molecular weight is 515 g/mol. The molecule has 0 aliphatic carbocycles. The van der Waals surface area contributed by atoms with E-state index >= 15 is 0 Å².